The Hall–Kier alpha value is -2.70. The second-order valence-electron chi connectivity index (χ2n) is 3.91. The van der Waals surface area contributed by atoms with Gasteiger partial charge >= 0.3 is 5.97 Å². The fourth-order valence-corrected chi connectivity index (χ4v) is 1.73. The number of nitrogen functional groups attached to an aromatic ring is 1. The third kappa shape index (κ3) is 2.66. The number of anilines is 3. The number of aromatic amines is 1. The Kier molecular flexibility index (Phi) is 4.09. The number of ether oxygens (including phenoxy) is 2. The number of carbonyl (C=O) groups excluding carboxylic acids is 1. The predicted molar refractivity (Wildman–Crippen MR) is 75.2 cm³/mol. The third-order valence-electron chi connectivity index (χ3n) is 2.63. The minimum absolute atomic E-state index is 0.154. The highest BCUT2D eigenvalue weighted by Crippen LogP contribution is 2.29. The number of carbonyl (C=O) groups is 1. The smallest absolute Gasteiger partial charge is 0.345 e. The van der Waals surface area contributed by atoms with Gasteiger partial charge in [0.1, 0.15) is 17.1 Å². The third-order valence-corrected chi connectivity index (χ3v) is 2.63. The maximum Gasteiger partial charge on any atom is 0.345 e. The van der Waals surface area contributed by atoms with Gasteiger partial charge in [-0.2, -0.15) is 5.10 Å². The number of hydrogen-bond donors (Lipinski definition) is 3. The highest BCUT2D eigenvalue weighted by atomic mass is 16.5. The summed E-state index contributed by atoms with van der Waals surface area (Å²) in [4.78, 5) is 11.9. The lowest BCUT2D eigenvalue weighted by molar-refractivity contribution is 0.0529. The molecule has 0 unspecified atom stereocenters. The monoisotopic (exact) mass is 276 g/mol. The van der Waals surface area contributed by atoms with Crippen LogP contribution in [0.5, 0.6) is 5.75 Å². The van der Waals surface area contributed by atoms with E-state index in [1.54, 1.807) is 26.2 Å². The minimum atomic E-state index is -0.531. The van der Waals surface area contributed by atoms with Crippen LogP contribution in [0, 0.1) is 0 Å². The number of methoxy groups -OCH3 is 1. The van der Waals surface area contributed by atoms with E-state index in [9.17, 15) is 4.79 Å². The first kappa shape index (κ1) is 13.7. The average Bonchev–Trinajstić information content (AvgIpc) is 2.80. The van der Waals surface area contributed by atoms with Crippen molar-refractivity contribution in [2.75, 3.05) is 24.8 Å². The molecule has 0 atom stereocenters. The van der Waals surface area contributed by atoms with Crippen LogP contribution in [0.25, 0.3) is 0 Å². The van der Waals surface area contributed by atoms with E-state index in [2.05, 4.69) is 15.5 Å². The lowest BCUT2D eigenvalue weighted by Crippen LogP contribution is -2.09. The standard InChI is InChI=1S/C13H16N4O3/c1-3-20-13(18)10-11(14)16-17-12(10)15-8-6-4-5-7-9(8)19-2/h4-7H,3H2,1-2H3,(H4,14,15,16,17). The lowest BCUT2D eigenvalue weighted by atomic mass is 10.2. The Bertz CT molecular complexity index is 609. The number of para-hydroxylation sites is 2. The number of nitrogens with two attached hydrogens (primary N) is 1. The summed E-state index contributed by atoms with van der Waals surface area (Å²) >= 11 is 0. The number of benzene rings is 1. The number of nitrogens with zero attached hydrogens (tertiary/aromatic N) is 1. The molecule has 106 valence electrons. The summed E-state index contributed by atoms with van der Waals surface area (Å²) in [6.07, 6.45) is 0. The van der Waals surface area contributed by atoms with E-state index in [1.807, 2.05) is 12.1 Å². The van der Waals surface area contributed by atoms with Crippen molar-refractivity contribution in [3.63, 3.8) is 0 Å². The molecular weight excluding hydrogens is 260 g/mol. The van der Waals surface area contributed by atoms with Gasteiger partial charge in [0, 0.05) is 0 Å². The molecule has 7 nitrogen and oxygen atoms in total. The second kappa shape index (κ2) is 5.96. The highest BCUT2D eigenvalue weighted by molar-refractivity contribution is 6.00. The van der Waals surface area contributed by atoms with Gasteiger partial charge < -0.3 is 20.5 Å². The SMILES string of the molecule is CCOC(=O)c1c(Nc2ccccc2OC)n[nH]c1N. The zero-order chi connectivity index (χ0) is 14.5. The molecule has 0 saturated heterocycles. The zero-order valence-electron chi connectivity index (χ0n) is 11.3. The van der Waals surface area contributed by atoms with E-state index in [1.165, 1.54) is 0 Å². The van der Waals surface area contributed by atoms with Crippen LogP contribution >= 0.6 is 0 Å². The van der Waals surface area contributed by atoms with Gasteiger partial charge in [0.15, 0.2) is 5.82 Å². The van der Waals surface area contributed by atoms with Crippen LogP contribution in [-0.2, 0) is 4.74 Å². The maximum absolute atomic E-state index is 11.9. The quantitative estimate of drug-likeness (QED) is 0.721. The Labute approximate surface area is 116 Å². The van der Waals surface area contributed by atoms with Gasteiger partial charge in [-0.15, -0.1) is 0 Å². The first-order valence-electron chi connectivity index (χ1n) is 6.08. The van der Waals surface area contributed by atoms with Crippen molar-refractivity contribution in [2.24, 2.45) is 0 Å². The molecule has 2 aromatic rings. The average molecular weight is 276 g/mol. The first-order valence-corrected chi connectivity index (χ1v) is 6.08. The molecule has 0 aliphatic heterocycles. The molecule has 1 heterocycles. The number of nitrogens with one attached hydrogen (secondary N) is 2. The van der Waals surface area contributed by atoms with Crippen molar-refractivity contribution in [3.8, 4) is 5.75 Å². The van der Waals surface area contributed by atoms with E-state index >= 15 is 0 Å². The summed E-state index contributed by atoms with van der Waals surface area (Å²) in [5.74, 6) is 0.548. The molecule has 7 heteroatoms. The molecule has 0 saturated carbocycles. The van der Waals surface area contributed by atoms with Crippen molar-refractivity contribution in [3.05, 3.63) is 29.8 Å². The molecule has 1 aromatic heterocycles. The molecule has 4 N–H and O–H groups in total. The van der Waals surface area contributed by atoms with Gasteiger partial charge in [-0.05, 0) is 19.1 Å². The Morgan fingerprint density at radius 2 is 2.20 bits per heavy atom. The largest absolute Gasteiger partial charge is 0.495 e. The topological polar surface area (TPSA) is 102 Å². The number of esters is 1. The summed E-state index contributed by atoms with van der Waals surface area (Å²) in [7, 11) is 1.56. The lowest BCUT2D eigenvalue weighted by Gasteiger charge is -2.10. The van der Waals surface area contributed by atoms with Crippen LogP contribution in [0.1, 0.15) is 17.3 Å². The summed E-state index contributed by atoms with van der Waals surface area (Å²) in [5.41, 5.74) is 6.56. The molecule has 0 amide bonds. The Morgan fingerprint density at radius 1 is 1.45 bits per heavy atom. The molecule has 2 rings (SSSR count). The summed E-state index contributed by atoms with van der Waals surface area (Å²) in [6.45, 7) is 1.99. The van der Waals surface area contributed by atoms with Crippen LogP contribution < -0.4 is 15.8 Å². The van der Waals surface area contributed by atoms with Crippen LogP contribution in [0.3, 0.4) is 0 Å². The van der Waals surface area contributed by atoms with Gasteiger partial charge in [0.05, 0.1) is 19.4 Å². The van der Waals surface area contributed by atoms with Gasteiger partial charge in [-0.25, -0.2) is 4.79 Å². The fraction of sp³-hybridized carbons (Fsp3) is 0.231. The summed E-state index contributed by atoms with van der Waals surface area (Å²) in [6, 6.07) is 7.28. The molecule has 0 bridgehead atoms. The van der Waals surface area contributed by atoms with Gasteiger partial charge in [0.25, 0.3) is 0 Å². The Morgan fingerprint density at radius 3 is 2.90 bits per heavy atom. The number of aromatic nitrogens is 2. The van der Waals surface area contributed by atoms with Gasteiger partial charge in [-0.3, -0.25) is 5.10 Å². The van der Waals surface area contributed by atoms with Gasteiger partial charge in [-0.1, -0.05) is 12.1 Å². The van der Waals surface area contributed by atoms with E-state index in [0.29, 0.717) is 17.3 Å². The molecule has 1 aromatic carbocycles. The summed E-state index contributed by atoms with van der Waals surface area (Å²) in [5, 5.41) is 9.53. The number of H-pyrrole nitrogens is 1. The summed E-state index contributed by atoms with van der Waals surface area (Å²) < 4.78 is 10.2. The molecule has 0 aliphatic rings. The van der Waals surface area contributed by atoms with E-state index < -0.39 is 5.97 Å². The van der Waals surface area contributed by atoms with Crippen molar-refractivity contribution >= 4 is 23.3 Å². The van der Waals surface area contributed by atoms with E-state index in [-0.39, 0.29) is 18.0 Å². The van der Waals surface area contributed by atoms with Crippen LogP contribution in [-0.4, -0.2) is 29.9 Å². The second-order valence-corrected chi connectivity index (χ2v) is 3.91. The first-order chi connectivity index (χ1) is 9.67. The minimum Gasteiger partial charge on any atom is -0.495 e. The van der Waals surface area contributed by atoms with Crippen molar-refractivity contribution in [2.45, 2.75) is 6.92 Å². The normalized spacial score (nSPS) is 10.1. The Balaban J connectivity index is 2.32. The predicted octanol–water partition coefficient (Wildman–Crippen LogP) is 1.92. The van der Waals surface area contributed by atoms with Crippen molar-refractivity contribution < 1.29 is 14.3 Å². The van der Waals surface area contributed by atoms with E-state index in [4.69, 9.17) is 15.2 Å². The highest BCUT2D eigenvalue weighted by Gasteiger charge is 2.21. The van der Waals surface area contributed by atoms with Crippen LogP contribution in [0.15, 0.2) is 24.3 Å². The fourth-order valence-electron chi connectivity index (χ4n) is 1.73. The number of rotatable bonds is 5. The molecular formula is C13H16N4O3. The number of hydrogen-bond acceptors (Lipinski definition) is 6. The van der Waals surface area contributed by atoms with Crippen LogP contribution in [0.2, 0.25) is 0 Å². The van der Waals surface area contributed by atoms with E-state index in [0.717, 1.165) is 0 Å². The van der Waals surface area contributed by atoms with Crippen molar-refractivity contribution in [1.29, 1.82) is 0 Å². The zero-order valence-corrected chi connectivity index (χ0v) is 11.3. The molecule has 0 radical (unpaired) electrons. The molecule has 20 heavy (non-hydrogen) atoms. The maximum atomic E-state index is 11.9. The van der Waals surface area contributed by atoms with Gasteiger partial charge in [0.2, 0.25) is 0 Å². The molecule has 0 aliphatic carbocycles. The molecule has 0 spiro atoms. The van der Waals surface area contributed by atoms with Crippen LogP contribution in [0.4, 0.5) is 17.3 Å². The molecule has 0 fully saturated rings. The van der Waals surface area contributed by atoms with Crippen molar-refractivity contribution in [1.82, 2.24) is 10.2 Å².